The molecule has 10 rings (SSSR count). The summed E-state index contributed by atoms with van der Waals surface area (Å²) in [6.07, 6.45) is 3.70. The van der Waals surface area contributed by atoms with Crippen LogP contribution in [0.25, 0.3) is 66.3 Å². The van der Waals surface area contributed by atoms with E-state index < -0.39 is 5.41 Å². The molecular weight excluding hydrogens is 544 g/mol. The van der Waals surface area contributed by atoms with E-state index in [1.807, 2.05) is 30.6 Å². The first-order chi connectivity index (χ1) is 22.3. The molecule has 0 fully saturated rings. The van der Waals surface area contributed by atoms with Gasteiger partial charge in [0.1, 0.15) is 0 Å². The molecule has 0 atom stereocenters. The molecule has 2 heteroatoms. The molecule has 6 aromatic carbocycles. The fourth-order valence-electron chi connectivity index (χ4n) is 8.10. The van der Waals surface area contributed by atoms with Crippen molar-refractivity contribution in [3.05, 3.63) is 180 Å². The summed E-state index contributed by atoms with van der Waals surface area (Å²) in [5.74, 6) is 0. The van der Waals surface area contributed by atoms with Gasteiger partial charge in [0.2, 0.25) is 0 Å². The molecule has 0 amide bonds. The highest BCUT2D eigenvalue weighted by molar-refractivity contribution is 6.06. The second kappa shape index (κ2) is 9.07. The first-order valence-corrected chi connectivity index (χ1v) is 15.5. The van der Waals surface area contributed by atoms with Crippen LogP contribution >= 0.6 is 0 Å². The molecule has 2 aromatic heterocycles. The first-order valence-electron chi connectivity index (χ1n) is 15.5. The molecule has 0 bridgehead atoms. The van der Waals surface area contributed by atoms with Crippen molar-refractivity contribution in [1.82, 2.24) is 9.97 Å². The van der Waals surface area contributed by atoms with Crippen molar-refractivity contribution in [2.45, 2.75) is 5.41 Å². The zero-order chi connectivity index (χ0) is 29.5. The fraction of sp³-hybridized carbons (Fsp3) is 0.0233. The molecule has 0 saturated heterocycles. The van der Waals surface area contributed by atoms with E-state index >= 15 is 0 Å². The molecule has 208 valence electrons. The van der Waals surface area contributed by atoms with Crippen LogP contribution in [0.4, 0.5) is 0 Å². The van der Waals surface area contributed by atoms with E-state index in [9.17, 15) is 0 Å². The predicted molar refractivity (Wildman–Crippen MR) is 184 cm³/mol. The Morgan fingerprint density at radius 2 is 1.09 bits per heavy atom. The first kappa shape index (κ1) is 24.6. The number of pyridine rings is 2. The average molecular weight is 571 g/mol. The predicted octanol–water partition coefficient (Wildman–Crippen LogP) is 10.5. The summed E-state index contributed by atoms with van der Waals surface area (Å²) >= 11 is 0. The lowest BCUT2D eigenvalue weighted by molar-refractivity contribution is 0.802. The third kappa shape index (κ3) is 3.29. The molecule has 0 saturated carbocycles. The van der Waals surface area contributed by atoms with Crippen LogP contribution < -0.4 is 0 Å². The van der Waals surface area contributed by atoms with E-state index in [2.05, 4.69) is 137 Å². The second-order valence-electron chi connectivity index (χ2n) is 12.2. The lowest BCUT2D eigenvalue weighted by Gasteiger charge is -2.31. The fourth-order valence-corrected chi connectivity index (χ4v) is 8.10. The summed E-state index contributed by atoms with van der Waals surface area (Å²) in [5.41, 5.74) is 14.5. The standard InChI is InChI=1S/C43H26N2/c1-2-10-32-27(9-1)18-19-35-36-24-29-17-16-28(30-20-22-45-41(26-30)40-15-7-8-21-44-40)23-31(29)25-39(36)43(42(32)35)37-13-5-3-11-33(37)34-12-4-6-14-38(34)43/h1-26H. The van der Waals surface area contributed by atoms with Crippen molar-refractivity contribution < 1.29 is 0 Å². The Morgan fingerprint density at radius 1 is 0.378 bits per heavy atom. The number of hydrogen-bond acceptors (Lipinski definition) is 2. The summed E-state index contributed by atoms with van der Waals surface area (Å²) in [5, 5.41) is 5.08. The highest BCUT2D eigenvalue weighted by atomic mass is 14.8. The number of rotatable bonds is 2. The molecule has 2 heterocycles. The number of nitrogens with zero attached hydrogens (tertiary/aromatic N) is 2. The van der Waals surface area contributed by atoms with Gasteiger partial charge in [-0.25, -0.2) is 0 Å². The molecule has 0 unspecified atom stereocenters. The highest BCUT2D eigenvalue weighted by Crippen LogP contribution is 2.64. The van der Waals surface area contributed by atoms with Gasteiger partial charge in [0.05, 0.1) is 16.8 Å². The Kier molecular flexibility index (Phi) is 4.95. The number of fused-ring (bicyclic) bond motifs is 13. The Labute approximate surface area is 261 Å². The summed E-state index contributed by atoms with van der Waals surface area (Å²) in [7, 11) is 0. The highest BCUT2D eigenvalue weighted by Gasteiger charge is 2.52. The Hall–Kier alpha value is -5.86. The van der Waals surface area contributed by atoms with E-state index in [0.29, 0.717) is 0 Å². The van der Waals surface area contributed by atoms with Gasteiger partial charge in [-0.2, -0.15) is 0 Å². The lowest BCUT2D eigenvalue weighted by Crippen LogP contribution is -2.26. The third-order valence-corrected chi connectivity index (χ3v) is 9.95. The second-order valence-corrected chi connectivity index (χ2v) is 12.2. The summed E-state index contributed by atoms with van der Waals surface area (Å²) in [4.78, 5) is 9.15. The van der Waals surface area contributed by atoms with Gasteiger partial charge in [-0.05, 0) is 120 Å². The van der Waals surface area contributed by atoms with E-state index in [4.69, 9.17) is 0 Å². The minimum Gasteiger partial charge on any atom is -0.255 e. The maximum Gasteiger partial charge on any atom is 0.0892 e. The molecule has 2 nitrogen and oxygen atoms in total. The van der Waals surface area contributed by atoms with E-state index in [1.54, 1.807) is 0 Å². The van der Waals surface area contributed by atoms with Crippen molar-refractivity contribution in [3.63, 3.8) is 0 Å². The van der Waals surface area contributed by atoms with Crippen LogP contribution in [-0.4, -0.2) is 9.97 Å². The van der Waals surface area contributed by atoms with Crippen LogP contribution in [0, 0.1) is 0 Å². The van der Waals surface area contributed by atoms with Crippen molar-refractivity contribution in [3.8, 4) is 44.8 Å². The molecule has 1 spiro atoms. The van der Waals surface area contributed by atoms with Gasteiger partial charge in [0.25, 0.3) is 0 Å². The normalized spacial score (nSPS) is 13.5. The van der Waals surface area contributed by atoms with Crippen molar-refractivity contribution >= 4 is 21.5 Å². The van der Waals surface area contributed by atoms with E-state index in [1.165, 1.54) is 71.6 Å². The zero-order valence-electron chi connectivity index (χ0n) is 24.4. The van der Waals surface area contributed by atoms with Gasteiger partial charge in [0.15, 0.2) is 0 Å². The number of aromatic nitrogens is 2. The minimum absolute atomic E-state index is 0.397. The van der Waals surface area contributed by atoms with Crippen LogP contribution in [0.3, 0.4) is 0 Å². The van der Waals surface area contributed by atoms with Gasteiger partial charge >= 0.3 is 0 Å². The van der Waals surface area contributed by atoms with Crippen LogP contribution in [0.5, 0.6) is 0 Å². The molecular formula is C43H26N2. The SMILES string of the molecule is c1ccc(-c2cc(-c3ccc4cc5c(cc4c3)C3(c4ccccc4-c4ccccc43)c3c-5ccc4ccccc34)ccn2)nc1. The van der Waals surface area contributed by atoms with Crippen LogP contribution in [0.2, 0.25) is 0 Å². The number of hydrogen-bond donors (Lipinski definition) is 0. The quantitative estimate of drug-likeness (QED) is 0.207. The van der Waals surface area contributed by atoms with Crippen LogP contribution in [0.15, 0.2) is 158 Å². The average Bonchev–Trinajstić information content (AvgIpc) is 3.58. The summed E-state index contributed by atoms with van der Waals surface area (Å²) < 4.78 is 0. The number of benzene rings is 6. The van der Waals surface area contributed by atoms with Crippen LogP contribution in [-0.2, 0) is 5.41 Å². The molecule has 0 radical (unpaired) electrons. The Balaban J connectivity index is 1.27. The van der Waals surface area contributed by atoms with Gasteiger partial charge < -0.3 is 0 Å². The minimum atomic E-state index is -0.397. The Bertz CT molecular complexity index is 2450. The third-order valence-electron chi connectivity index (χ3n) is 9.95. The van der Waals surface area contributed by atoms with Gasteiger partial charge in [-0.15, -0.1) is 0 Å². The van der Waals surface area contributed by atoms with E-state index in [0.717, 1.165) is 17.0 Å². The largest absolute Gasteiger partial charge is 0.255 e. The molecule has 0 N–H and O–H groups in total. The van der Waals surface area contributed by atoms with E-state index in [-0.39, 0.29) is 0 Å². The molecule has 0 aliphatic heterocycles. The van der Waals surface area contributed by atoms with Crippen molar-refractivity contribution in [2.24, 2.45) is 0 Å². The monoisotopic (exact) mass is 570 g/mol. The smallest absolute Gasteiger partial charge is 0.0892 e. The zero-order valence-corrected chi connectivity index (χ0v) is 24.4. The maximum atomic E-state index is 4.62. The molecule has 2 aliphatic rings. The topological polar surface area (TPSA) is 25.8 Å². The lowest BCUT2D eigenvalue weighted by atomic mass is 9.69. The summed E-state index contributed by atoms with van der Waals surface area (Å²) in [6, 6.07) is 53.5. The molecule has 2 aliphatic carbocycles. The maximum absolute atomic E-state index is 4.62. The summed E-state index contributed by atoms with van der Waals surface area (Å²) in [6.45, 7) is 0. The molecule has 8 aromatic rings. The van der Waals surface area contributed by atoms with Gasteiger partial charge in [-0.3, -0.25) is 9.97 Å². The van der Waals surface area contributed by atoms with Gasteiger partial charge in [-0.1, -0.05) is 103 Å². The van der Waals surface area contributed by atoms with Crippen molar-refractivity contribution in [2.75, 3.05) is 0 Å². The molecule has 45 heavy (non-hydrogen) atoms. The van der Waals surface area contributed by atoms with Gasteiger partial charge in [0, 0.05) is 12.4 Å². The Morgan fingerprint density at radius 3 is 1.91 bits per heavy atom. The van der Waals surface area contributed by atoms with Crippen molar-refractivity contribution in [1.29, 1.82) is 0 Å². The van der Waals surface area contributed by atoms with Crippen LogP contribution in [0.1, 0.15) is 22.3 Å².